The summed E-state index contributed by atoms with van der Waals surface area (Å²) in [7, 11) is 1.22. The van der Waals surface area contributed by atoms with Crippen LogP contribution in [-0.2, 0) is 4.74 Å². The number of benzene rings is 2. The summed E-state index contributed by atoms with van der Waals surface area (Å²) < 4.78 is 4.60. The number of carbonyl (C=O) groups is 1. The van der Waals surface area contributed by atoms with Gasteiger partial charge in [-0.3, -0.25) is 10.1 Å². The first-order valence-corrected chi connectivity index (χ1v) is 6.03. The van der Waals surface area contributed by atoms with Crippen LogP contribution in [0.2, 0.25) is 5.02 Å². The van der Waals surface area contributed by atoms with E-state index in [1.807, 2.05) is 0 Å². The predicted octanol–water partition coefficient (Wildman–Crippen LogP) is 3.70. The Morgan fingerprint density at radius 1 is 1.20 bits per heavy atom. The lowest BCUT2D eigenvalue weighted by molar-refractivity contribution is -0.384. The zero-order chi connectivity index (χ0) is 14.7. The summed E-state index contributed by atoms with van der Waals surface area (Å²) in [6.07, 6.45) is 0. The Labute approximate surface area is 119 Å². The van der Waals surface area contributed by atoms with Crippen molar-refractivity contribution < 1.29 is 14.5 Å². The van der Waals surface area contributed by atoms with Crippen molar-refractivity contribution in [3.8, 4) is 11.1 Å². The Bertz CT molecular complexity index is 685. The molecule has 0 radical (unpaired) electrons. The zero-order valence-electron chi connectivity index (χ0n) is 10.5. The van der Waals surface area contributed by atoms with Crippen LogP contribution in [0.5, 0.6) is 0 Å². The first kappa shape index (κ1) is 14.0. The van der Waals surface area contributed by atoms with Crippen molar-refractivity contribution >= 4 is 23.3 Å². The van der Waals surface area contributed by atoms with Gasteiger partial charge in [0.1, 0.15) is 0 Å². The van der Waals surface area contributed by atoms with Gasteiger partial charge >= 0.3 is 5.97 Å². The van der Waals surface area contributed by atoms with Gasteiger partial charge in [0.2, 0.25) is 0 Å². The van der Waals surface area contributed by atoms with Crippen LogP contribution >= 0.6 is 11.6 Å². The smallest absolute Gasteiger partial charge is 0.338 e. The molecule has 0 aliphatic heterocycles. The van der Waals surface area contributed by atoms with E-state index in [-0.39, 0.29) is 11.3 Å². The van der Waals surface area contributed by atoms with Gasteiger partial charge in [0.05, 0.1) is 17.6 Å². The van der Waals surface area contributed by atoms with E-state index < -0.39 is 10.9 Å². The first-order valence-electron chi connectivity index (χ1n) is 5.65. The van der Waals surface area contributed by atoms with Crippen LogP contribution in [0.3, 0.4) is 0 Å². The van der Waals surface area contributed by atoms with Crippen LogP contribution < -0.4 is 0 Å². The molecular weight excluding hydrogens is 282 g/mol. The molecule has 0 spiro atoms. The van der Waals surface area contributed by atoms with Crippen LogP contribution in [0, 0.1) is 10.1 Å². The van der Waals surface area contributed by atoms with Crippen molar-refractivity contribution in [2.75, 3.05) is 7.11 Å². The second kappa shape index (κ2) is 5.71. The van der Waals surface area contributed by atoms with Crippen molar-refractivity contribution in [1.82, 2.24) is 0 Å². The molecule has 0 aliphatic carbocycles. The highest BCUT2D eigenvalue weighted by Gasteiger charge is 2.15. The molecule has 102 valence electrons. The van der Waals surface area contributed by atoms with E-state index >= 15 is 0 Å². The van der Waals surface area contributed by atoms with E-state index in [1.165, 1.54) is 25.3 Å². The standard InChI is InChI=1S/C14H10ClNO4/c1-20-14(17)11-5-10(7-13(8-11)16(18)19)9-3-2-4-12(15)6-9/h2-8H,1H3. The Balaban J connectivity index is 2.60. The molecule has 0 fully saturated rings. The lowest BCUT2D eigenvalue weighted by Gasteiger charge is -2.05. The molecule has 0 N–H and O–H groups in total. The van der Waals surface area contributed by atoms with Gasteiger partial charge in [-0.05, 0) is 29.3 Å². The largest absolute Gasteiger partial charge is 0.465 e. The summed E-state index contributed by atoms with van der Waals surface area (Å²) in [5.41, 5.74) is 1.16. The molecule has 0 saturated heterocycles. The van der Waals surface area contributed by atoms with Crippen molar-refractivity contribution in [2.24, 2.45) is 0 Å². The molecular formula is C14H10ClNO4. The maximum Gasteiger partial charge on any atom is 0.338 e. The van der Waals surface area contributed by atoms with Gasteiger partial charge in [-0.2, -0.15) is 0 Å². The average Bonchev–Trinajstić information content (AvgIpc) is 2.45. The molecule has 2 aromatic carbocycles. The van der Waals surface area contributed by atoms with Crippen molar-refractivity contribution in [2.45, 2.75) is 0 Å². The summed E-state index contributed by atoms with van der Waals surface area (Å²) in [4.78, 5) is 22.0. The number of esters is 1. The van der Waals surface area contributed by atoms with E-state index in [0.29, 0.717) is 16.1 Å². The number of ether oxygens (including phenoxy) is 1. The highest BCUT2D eigenvalue weighted by molar-refractivity contribution is 6.30. The van der Waals surface area contributed by atoms with E-state index in [0.717, 1.165) is 0 Å². The van der Waals surface area contributed by atoms with Crippen LogP contribution in [0.4, 0.5) is 5.69 Å². The van der Waals surface area contributed by atoms with E-state index in [1.54, 1.807) is 24.3 Å². The summed E-state index contributed by atoms with van der Waals surface area (Å²) >= 11 is 5.90. The average molecular weight is 292 g/mol. The van der Waals surface area contributed by atoms with Gasteiger partial charge in [0.25, 0.3) is 5.69 Å². The summed E-state index contributed by atoms with van der Waals surface area (Å²) in [5.74, 6) is -0.628. The minimum atomic E-state index is -0.628. The molecule has 0 aliphatic rings. The highest BCUT2D eigenvalue weighted by atomic mass is 35.5. The first-order chi connectivity index (χ1) is 9.51. The van der Waals surface area contributed by atoms with Gasteiger partial charge < -0.3 is 4.74 Å². The van der Waals surface area contributed by atoms with Gasteiger partial charge in [-0.1, -0.05) is 23.7 Å². The third-order valence-electron chi connectivity index (χ3n) is 2.71. The van der Waals surface area contributed by atoms with Gasteiger partial charge in [0.15, 0.2) is 0 Å². The van der Waals surface area contributed by atoms with Gasteiger partial charge in [0, 0.05) is 17.2 Å². The number of halogens is 1. The maximum atomic E-state index is 11.6. The zero-order valence-corrected chi connectivity index (χ0v) is 11.3. The van der Waals surface area contributed by atoms with Crippen molar-refractivity contribution in [3.63, 3.8) is 0 Å². The number of methoxy groups -OCH3 is 1. The minimum Gasteiger partial charge on any atom is -0.465 e. The number of nitro groups is 1. The Morgan fingerprint density at radius 3 is 2.55 bits per heavy atom. The SMILES string of the molecule is COC(=O)c1cc(-c2cccc(Cl)c2)cc([N+](=O)[O-])c1. The lowest BCUT2D eigenvalue weighted by Crippen LogP contribution is -2.02. The minimum absolute atomic E-state index is 0.122. The number of nitro benzene ring substituents is 1. The van der Waals surface area contributed by atoms with Crippen LogP contribution in [0.1, 0.15) is 10.4 Å². The molecule has 0 amide bonds. The van der Waals surface area contributed by atoms with Crippen LogP contribution in [0.15, 0.2) is 42.5 Å². The van der Waals surface area contributed by atoms with Crippen molar-refractivity contribution in [3.05, 3.63) is 63.2 Å². The summed E-state index contributed by atoms with van der Waals surface area (Å²) in [6.45, 7) is 0. The Hall–Kier alpha value is -2.40. The fourth-order valence-electron chi connectivity index (χ4n) is 1.79. The highest BCUT2D eigenvalue weighted by Crippen LogP contribution is 2.28. The monoisotopic (exact) mass is 291 g/mol. The molecule has 0 atom stereocenters. The molecule has 5 nitrogen and oxygen atoms in total. The Kier molecular flexibility index (Phi) is 4.00. The number of nitrogens with zero attached hydrogens (tertiary/aromatic N) is 1. The lowest BCUT2D eigenvalue weighted by atomic mass is 10.0. The number of carbonyl (C=O) groups excluding carboxylic acids is 1. The van der Waals surface area contributed by atoms with Crippen molar-refractivity contribution in [1.29, 1.82) is 0 Å². The number of rotatable bonds is 3. The molecule has 2 aromatic rings. The van der Waals surface area contributed by atoms with Gasteiger partial charge in [-0.15, -0.1) is 0 Å². The predicted molar refractivity (Wildman–Crippen MR) is 74.9 cm³/mol. The molecule has 0 unspecified atom stereocenters. The molecule has 0 saturated carbocycles. The molecule has 20 heavy (non-hydrogen) atoms. The molecule has 0 aromatic heterocycles. The third kappa shape index (κ3) is 2.95. The second-order valence-electron chi connectivity index (χ2n) is 4.03. The van der Waals surface area contributed by atoms with E-state index in [4.69, 9.17) is 11.6 Å². The fourth-order valence-corrected chi connectivity index (χ4v) is 1.98. The topological polar surface area (TPSA) is 69.4 Å². The molecule has 6 heteroatoms. The molecule has 2 rings (SSSR count). The quantitative estimate of drug-likeness (QED) is 0.491. The third-order valence-corrected chi connectivity index (χ3v) is 2.94. The maximum absolute atomic E-state index is 11.6. The normalized spacial score (nSPS) is 10.1. The molecule has 0 heterocycles. The van der Waals surface area contributed by atoms with E-state index in [2.05, 4.69) is 4.74 Å². The van der Waals surface area contributed by atoms with Crippen LogP contribution in [0.25, 0.3) is 11.1 Å². The van der Waals surface area contributed by atoms with E-state index in [9.17, 15) is 14.9 Å². The second-order valence-corrected chi connectivity index (χ2v) is 4.46. The number of hydrogen-bond acceptors (Lipinski definition) is 4. The van der Waals surface area contributed by atoms with Crippen LogP contribution in [-0.4, -0.2) is 18.0 Å². The number of hydrogen-bond donors (Lipinski definition) is 0. The number of non-ortho nitro benzene ring substituents is 1. The summed E-state index contributed by atoms with van der Waals surface area (Å²) in [5, 5.41) is 11.4. The van der Waals surface area contributed by atoms with Gasteiger partial charge in [-0.25, -0.2) is 4.79 Å². The molecule has 0 bridgehead atoms. The fraction of sp³-hybridized carbons (Fsp3) is 0.0714. The summed E-state index contributed by atoms with van der Waals surface area (Å²) in [6, 6.07) is 11.0. The Morgan fingerprint density at radius 2 is 1.95 bits per heavy atom.